The molecule has 2 rings (SSSR count). The quantitative estimate of drug-likeness (QED) is 0.488. The van der Waals surface area contributed by atoms with Crippen molar-refractivity contribution < 1.29 is 27.5 Å². The third-order valence-corrected chi connectivity index (χ3v) is 12.8. The molecule has 0 radical (unpaired) electrons. The van der Waals surface area contributed by atoms with Crippen molar-refractivity contribution in [3.8, 4) is 0 Å². The monoisotopic (exact) mass is 528 g/mol. The summed E-state index contributed by atoms with van der Waals surface area (Å²) in [5.41, 5.74) is 0.283. The molecule has 3 atom stereocenters. The number of hydrogen-bond donors (Lipinski definition) is 2. The van der Waals surface area contributed by atoms with Crippen molar-refractivity contribution in [3.63, 3.8) is 0 Å². The Kier molecular flexibility index (Phi) is 9.25. The van der Waals surface area contributed by atoms with Gasteiger partial charge in [0.2, 0.25) is 10.0 Å². The van der Waals surface area contributed by atoms with Gasteiger partial charge in [-0.2, -0.15) is 0 Å². The molecule has 1 aliphatic heterocycles. The van der Waals surface area contributed by atoms with Crippen molar-refractivity contribution >= 4 is 24.4 Å². The van der Waals surface area contributed by atoms with E-state index in [2.05, 4.69) is 38.6 Å². The van der Waals surface area contributed by atoms with Crippen LogP contribution < -0.4 is 4.72 Å². The molecule has 10 heteroatoms. The van der Waals surface area contributed by atoms with E-state index in [4.69, 9.17) is 9.16 Å². The molecule has 1 aromatic rings. The number of nitrogens with zero attached hydrogens (tertiary/aromatic N) is 1. The number of hydrogen-bond acceptors (Lipinski definition) is 6. The summed E-state index contributed by atoms with van der Waals surface area (Å²) >= 11 is 0. The number of nitrogens with one attached hydrogen (secondary N) is 1. The average molecular weight is 529 g/mol. The van der Waals surface area contributed by atoms with Gasteiger partial charge in [0.25, 0.3) is 0 Å². The summed E-state index contributed by atoms with van der Waals surface area (Å²) in [6.45, 7) is 18.2. The molecular formula is C25H44N2O6SSi. The highest BCUT2D eigenvalue weighted by atomic mass is 32.2. The molecule has 1 heterocycles. The van der Waals surface area contributed by atoms with Crippen LogP contribution in [0, 0.1) is 12.8 Å². The van der Waals surface area contributed by atoms with Crippen LogP contribution in [0.25, 0.3) is 0 Å². The lowest BCUT2D eigenvalue weighted by Crippen LogP contribution is -2.47. The number of aliphatic hydroxyl groups is 1. The van der Waals surface area contributed by atoms with E-state index >= 15 is 0 Å². The molecule has 0 spiro atoms. The number of aryl methyl sites for hydroxylation is 1. The molecule has 200 valence electrons. The minimum atomic E-state index is -3.76. The number of rotatable bonds is 8. The lowest BCUT2D eigenvalue weighted by molar-refractivity contribution is 0.0138. The zero-order valence-electron chi connectivity index (χ0n) is 22.7. The predicted octanol–water partition coefficient (Wildman–Crippen LogP) is 4.28. The number of ether oxygens (including phenoxy) is 1. The maximum absolute atomic E-state index is 13.1. The highest BCUT2D eigenvalue weighted by molar-refractivity contribution is 7.89. The average Bonchev–Trinajstić information content (AvgIpc) is 3.09. The Hall–Kier alpha value is -1.46. The highest BCUT2D eigenvalue weighted by Gasteiger charge is 2.46. The normalized spacial score (nSPS) is 20.7. The first-order valence-corrected chi connectivity index (χ1v) is 16.6. The molecule has 0 bridgehead atoms. The maximum Gasteiger partial charge on any atom is 0.410 e. The second-order valence-electron chi connectivity index (χ2n) is 12.0. The fourth-order valence-electron chi connectivity index (χ4n) is 3.82. The highest BCUT2D eigenvalue weighted by Crippen LogP contribution is 2.39. The number of sulfonamides is 1. The predicted molar refractivity (Wildman–Crippen MR) is 140 cm³/mol. The number of carbonyl (C=O) groups excluding carboxylic acids is 1. The SMILES string of the molecule is Cc1ccc(S(=O)(=O)NCC(CO)[C@@H]2C[C@@H](O[Si](C)(C)C(C)(C)C)CN2C(=O)OC(C)(C)C)cc1. The van der Waals surface area contributed by atoms with E-state index in [0.717, 1.165) is 5.56 Å². The standard InChI is InChI=1S/C25H44N2O6SSi/c1-18-10-12-21(13-11-18)34(30,31)26-15-19(17-28)22-14-20(33-35(8,9)25(5,6)7)16-27(22)23(29)32-24(2,3)4/h10-13,19-20,22,26,28H,14-17H2,1-9H3/t19?,20-,22+/m1/s1. The third-order valence-electron chi connectivity index (χ3n) is 6.85. The summed E-state index contributed by atoms with van der Waals surface area (Å²) in [7, 11) is -5.87. The van der Waals surface area contributed by atoms with Crippen molar-refractivity contribution in [1.29, 1.82) is 0 Å². The molecule has 1 amide bonds. The van der Waals surface area contributed by atoms with Gasteiger partial charge < -0.3 is 19.2 Å². The zero-order valence-corrected chi connectivity index (χ0v) is 24.5. The summed E-state index contributed by atoms with van der Waals surface area (Å²) in [4.78, 5) is 14.9. The van der Waals surface area contributed by atoms with Gasteiger partial charge in [0, 0.05) is 31.7 Å². The van der Waals surface area contributed by atoms with Gasteiger partial charge in [-0.3, -0.25) is 0 Å². The topological polar surface area (TPSA) is 105 Å². The van der Waals surface area contributed by atoms with Crippen LogP contribution >= 0.6 is 0 Å². The molecule has 2 N–H and O–H groups in total. The van der Waals surface area contributed by atoms with Gasteiger partial charge >= 0.3 is 6.09 Å². The van der Waals surface area contributed by atoms with E-state index in [0.29, 0.717) is 13.0 Å². The van der Waals surface area contributed by atoms with Gasteiger partial charge in [0.15, 0.2) is 8.32 Å². The van der Waals surface area contributed by atoms with Crippen molar-refractivity contribution in [2.75, 3.05) is 19.7 Å². The van der Waals surface area contributed by atoms with E-state index < -0.39 is 42.0 Å². The van der Waals surface area contributed by atoms with Gasteiger partial charge in [-0.25, -0.2) is 17.9 Å². The van der Waals surface area contributed by atoms with E-state index in [1.54, 1.807) is 49.9 Å². The van der Waals surface area contributed by atoms with Gasteiger partial charge in [-0.05, 0) is 64.4 Å². The van der Waals surface area contributed by atoms with Gasteiger partial charge in [-0.15, -0.1) is 0 Å². The molecule has 1 aromatic carbocycles. The van der Waals surface area contributed by atoms with Crippen LogP contribution in [-0.4, -0.2) is 70.3 Å². The van der Waals surface area contributed by atoms with Crippen LogP contribution in [0.2, 0.25) is 18.1 Å². The minimum absolute atomic E-state index is 0.00187. The molecule has 0 aliphatic carbocycles. The van der Waals surface area contributed by atoms with Gasteiger partial charge in [-0.1, -0.05) is 38.5 Å². The molecule has 0 saturated carbocycles. The summed E-state index contributed by atoms with van der Waals surface area (Å²) in [6, 6.07) is 6.16. The number of likely N-dealkylation sites (tertiary alicyclic amines) is 1. The van der Waals surface area contributed by atoms with Crippen molar-refractivity contribution in [1.82, 2.24) is 9.62 Å². The Morgan fingerprint density at radius 1 is 1.17 bits per heavy atom. The Morgan fingerprint density at radius 3 is 2.23 bits per heavy atom. The first kappa shape index (κ1) is 29.8. The second-order valence-corrected chi connectivity index (χ2v) is 18.6. The molecule has 1 aliphatic rings. The van der Waals surface area contributed by atoms with Crippen molar-refractivity contribution in [2.24, 2.45) is 5.92 Å². The molecule has 35 heavy (non-hydrogen) atoms. The Morgan fingerprint density at radius 2 is 1.74 bits per heavy atom. The molecule has 1 fully saturated rings. The Bertz CT molecular complexity index is 967. The van der Waals surface area contributed by atoms with Crippen molar-refractivity contribution in [2.45, 2.75) is 95.7 Å². The fourth-order valence-corrected chi connectivity index (χ4v) is 6.27. The smallest absolute Gasteiger partial charge is 0.410 e. The van der Waals surface area contributed by atoms with Crippen LogP contribution in [0.5, 0.6) is 0 Å². The first-order valence-electron chi connectivity index (χ1n) is 12.2. The van der Waals surface area contributed by atoms with Crippen LogP contribution in [0.4, 0.5) is 4.79 Å². The minimum Gasteiger partial charge on any atom is -0.444 e. The van der Waals surface area contributed by atoms with Crippen molar-refractivity contribution in [3.05, 3.63) is 29.8 Å². The number of benzene rings is 1. The number of aliphatic hydroxyl groups excluding tert-OH is 1. The van der Waals surface area contributed by atoms with Crippen LogP contribution in [0.1, 0.15) is 53.5 Å². The molecule has 0 aromatic heterocycles. The lowest BCUT2D eigenvalue weighted by Gasteiger charge is -2.38. The van der Waals surface area contributed by atoms with Crippen LogP contribution in [0.15, 0.2) is 29.2 Å². The Balaban J connectivity index is 2.24. The van der Waals surface area contributed by atoms with E-state index in [1.165, 1.54) is 0 Å². The molecule has 1 unspecified atom stereocenters. The summed E-state index contributed by atoms with van der Waals surface area (Å²) in [6.07, 6.45) is -0.191. The van der Waals surface area contributed by atoms with E-state index in [9.17, 15) is 18.3 Å². The maximum atomic E-state index is 13.1. The molecule has 1 saturated heterocycles. The number of carbonyl (C=O) groups is 1. The lowest BCUT2D eigenvalue weighted by atomic mass is 9.98. The van der Waals surface area contributed by atoms with Crippen LogP contribution in [-0.2, 0) is 19.2 Å². The van der Waals surface area contributed by atoms with E-state index in [1.807, 2.05) is 6.92 Å². The van der Waals surface area contributed by atoms with E-state index in [-0.39, 0.29) is 29.2 Å². The van der Waals surface area contributed by atoms with Gasteiger partial charge in [0.1, 0.15) is 5.60 Å². The molecular weight excluding hydrogens is 484 g/mol. The van der Waals surface area contributed by atoms with Crippen LogP contribution in [0.3, 0.4) is 0 Å². The summed E-state index contributed by atoms with van der Waals surface area (Å²) in [5.74, 6) is -0.518. The first-order chi connectivity index (χ1) is 15.9. The number of amides is 1. The van der Waals surface area contributed by atoms with Gasteiger partial charge in [0.05, 0.1) is 11.0 Å². The summed E-state index contributed by atoms with van der Waals surface area (Å²) < 4.78 is 40.5. The fraction of sp³-hybridized carbons (Fsp3) is 0.720. The largest absolute Gasteiger partial charge is 0.444 e. The second kappa shape index (κ2) is 10.9. The third kappa shape index (κ3) is 8.01. The Labute approximate surface area is 212 Å². The molecule has 8 nitrogen and oxygen atoms in total. The summed E-state index contributed by atoms with van der Waals surface area (Å²) in [5, 5.41) is 10.2. The zero-order chi connectivity index (χ0) is 26.8.